The van der Waals surface area contributed by atoms with Crippen molar-refractivity contribution in [3.05, 3.63) is 47.8 Å². The van der Waals surface area contributed by atoms with Crippen molar-refractivity contribution in [2.75, 3.05) is 11.5 Å². The summed E-state index contributed by atoms with van der Waals surface area (Å²) in [4.78, 5) is 0. The molecule has 0 fully saturated rings. The highest BCUT2D eigenvalue weighted by atomic mass is 19.1. The van der Waals surface area contributed by atoms with Crippen LogP contribution in [0.2, 0.25) is 0 Å². The molecule has 0 amide bonds. The third kappa shape index (κ3) is 1.84. The van der Waals surface area contributed by atoms with Crippen LogP contribution in [-0.4, -0.2) is 0 Å². The second kappa shape index (κ2) is 3.85. The van der Waals surface area contributed by atoms with Crippen LogP contribution in [0.1, 0.15) is 5.56 Å². The maximum atomic E-state index is 13.3. The Labute approximate surface area is 93.7 Å². The number of hydrogen-bond donors (Lipinski definition) is 2. The summed E-state index contributed by atoms with van der Waals surface area (Å²) in [6, 6.07) is 10.2. The number of aryl methyl sites for hydroxylation is 1. The third-order valence-electron chi connectivity index (χ3n) is 2.49. The van der Waals surface area contributed by atoms with Gasteiger partial charge in [-0.3, -0.25) is 0 Å². The van der Waals surface area contributed by atoms with Gasteiger partial charge in [0.25, 0.3) is 0 Å². The molecule has 3 heteroatoms. The molecule has 82 valence electrons. The summed E-state index contributed by atoms with van der Waals surface area (Å²) in [5.41, 5.74) is 15.0. The number of nitrogen functional groups attached to an aromatic ring is 2. The zero-order valence-corrected chi connectivity index (χ0v) is 9.00. The van der Waals surface area contributed by atoms with E-state index in [-0.39, 0.29) is 5.82 Å². The Morgan fingerprint density at radius 3 is 2.50 bits per heavy atom. The van der Waals surface area contributed by atoms with Crippen molar-refractivity contribution in [1.82, 2.24) is 0 Å². The minimum Gasteiger partial charge on any atom is -0.397 e. The molecule has 2 nitrogen and oxygen atoms in total. The number of benzene rings is 2. The van der Waals surface area contributed by atoms with E-state index in [4.69, 9.17) is 11.5 Å². The van der Waals surface area contributed by atoms with Crippen molar-refractivity contribution in [3.63, 3.8) is 0 Å². The highest BCUT2D eigenvalue weighted by molar-refractivity contribution is 5.84. The van der Waals surface area contributed by atoms with Crippen LogP contribution in [0, 0.1) is 12.7 Å². The first-order valence-electron chi connectivity index (χ1n) is 4.99. The Bertz CT molecular complexity index is 515. The number of para-hydroxylation sites is 1. The molecule has 0 aliphatic heterocycles. The number of nitrogens with two attached hydrogens (primary N) is 2. The SMILES string of the molecule is Cc1cc(F)cc(-c2cccc(N)c2N)c1. The fourth-order valence-electron chi connectivity index (χ4n) is 1.73. The second-order valence-corrected chi connectivity index (χ2v) is 3.83. The molecule has 0 bridgehead atoms. The first-order valence-corrected chi connectivity index (χ1v) is 4.99. The molecule has 0 unspecified atom stereocenters. The average Bonchev–Trinajstić information content (AvgIpc) is 2.20. The van der Waals surface area contributed by atoms with E-state index in [1.165, 1.54) is 12.1 Å². The largest absolute Gasteiger partial charge is 0.397 e. The molecule has 0 radical (unpaired) electrons. The maximum Gasteiger partial charge on any atom is 0.124 e. The van der Waals surface area contributed by atoms with Crippen LogP contribution in [0.15, 0.2) is 36.4 Å². The molecule has 2 aromatic rings. The molecule has 2 rings (SSSR count). The summed E-state index contributed by atoms with van der Waals surface area (Å²) < 4.78 is 13.3. The van der Waals surface area contributed by atoms with Crippen molar-refractivity contribution >= 4 is 11.4 Å². The summed E-state index contributed by atoms with van der Waals surface area (Å²) >= 11 is 0. The molecule has 0 heterocycles. The van der Waals surface area contributed by atoms with Crippen molar-refractivity contribution in [2.45, 2.75) is 6.92 Å². The van der Waals surface area contributed by atoms with Crippen LogP contribution >= 0.6 is 0 Å². The van der Waals surface area contributed by atoms with Crippen LogP contribution in [0.5, 0.6) is 0 Å². The van der Waals surface area contributed by atoms with Crippen LogP contribution < -0.4 is 11.5 Å². The predicted octanol–water partition coefficient (Wildman–Crippen LogP) is 2.97. The van der Waals surface area contributed by atoms with E-state index in [0.29, 0.717) is 11.4 Å². The van der Waals surface area contributed by atoms with Crippen LogP contribution in [0.4, 0.5) is 15.8 Å². The molecule has 0 atom stereocenters. The fraction of sp³-hybridized carbons (Fsp3) is 0.0769. The van der Waals surface area contributed by atoms with E-state index < -0.39 is 0 Å². The van der Waals surface area contributed by atoms with Crippen molar-refractivity contribution in [3.8, 4) is 11.1 Å². The van der Waals surface area contributed by atoms with E-state index >= 15 is 0 Å². The first-order chi connectivity index (χ1) is 7.58. The summed E-state index contributed by atoms with van der Waals surface area (Å²) in [5, 5.41) is 0. The molecule has 0 saturated carbocycles. The number of anilines is 2. The zero-order chi connectivity index (χ0) is 11.7. The smallest absolute Gasteiger partial charge is 0.124 e. The van der Waals surface area contributed by atoms with Crippen LogP contribution in [0.3, 0.4) is 0 Å². The highest BCUT2D eigenvalue weighted by Crippen LogP contribution is 2.30. The first kappa shape index (κ1) is 10.5. The molecule has 0 aliphatic carbocycles. The molecule has 0 saturated heterocycles. The fourth-order valence-corrected chi connectivity index (χ4v) is 1.73. The van der Waals surface area contributed by atoms with Gasteiger partial charge in [0.15, 0.2) is 0 Å². The average molecular weight is 216 g/mol. The molecule has 0 aromatic heterocycles. The van der Waals surface area contributed by atoms with E-state index in [1.54, 1.807) is 12.1 Å². The Balaban J connectivity index is 2.63. The number of hydrogen-bond acceptors (Lipinski definition) is 2. The quantitative estimate of drug-likeness (QED) is 0.720. The van der Waals surface area contributed by atoms with Gasteiger partial charge in [-0.25, -0.2) is 4.39 Å². The van der Waals surface area contributed by atoms with Gasteiger partial charge in [0.05, 0.1) is 11.4 Å². The molecule has 0 spiro atoms. The second-order valence-electron chi connectivity index (χ2n) is 3.83. The summed E-state index contributed by atoms with van der Waals surface area (Å²) in [7, 11) is 0. The lowest BCUT2D eigenvalue weighted by Gasteiger charge is -2.09. The molecule has 2 aromatic carbocycles. The normalized spacial score (nSPS) is 10.4. The summed E-state index contributed by atoms with van der Waals surface area (Å²) in [5.74, 6) is -0.267. The highest BCUT2D eigenvalue weighted by Gasteiger charge is 2.06. The van der Waals surface area contributed by atoms with E-state index in [2.05, 4.69) is 0 Å². The Morgan fingerprint density at radius 1 is 1.06 bits per heavy atom. The van der Waals surface area contributed by atoms with E-state index in [0.717, 1.165) is 16.7 Å². The molecule has 0 aliphatic rings. The van der Waals surface area contributed by atoms with Gasteiger partial charge in [0.2, 0.25) is 0 Å². The molecular formula is C13H13FN2. The lowest BCUT2D eigenvalue weighted by molar-refractivity contribution is 0.627. The predicted molar refractivity (Wildman–Crippen MR) is 65.4 cm³/mol. The third-order valence-corrected chi connectivity index (χ3v) is 2.49. The summed E-state index contributed by atoms with van der Waals surface area (Å²) in [6.07, 6.45) is 0. The van der Waals surface area contributed by atoms with Crippen molar-refractivity contribution in [1.29, 1.82) is 0 Å². The van der Waals surface area contributed by atoms with Crippen molar-refractivity contribution < 1.29 is 4.39 Å². The van der Waals surface area contributed by atoms with Gasteiger partial charge in [-0.2, -0.15) is 0 Å². The molecule has 4 N–H and O–H groups in total. The van der Waals surface area contributed by atoms with Gasteiger partial charge in [-0.15, -0.1) is 0 Å². The van der Waals surface area contributed by atoms with Gasteiger partial charge < -0.3 is 11.5 Å². The monoisotopic (exact) mass is 216 g/mol. The Kier molecular flexibility index (Phi) is 2.52. The van der Waals surface area contributed by atoms with Gasteiger partial charge in [-0.05, 0) is 36.2 Å². The van der Waals surface area contributed by atoms with Crippen molar-refractivity contribution in [2.24, 2.45) is 0 Å². The maximum absolute atomic E-state index is 13.3. The Hall–Kier alpha value is -2.03. The lowest BCUT2D eigenvalue weighted by atomic mass is 10.0. The van der Waals surface area contributed by atoms with Gasteiger partial charge >= 0.3 is 0 Å². The number of rotatable bonds is 1. The number of halogens is 1. The van der Waals surface area contributed by atoms with Gasteiger partial charge in [0, 0.05) is 5.56 Å². The lowest BCUT2D eigenvalue weighted by Crippen LogP contribution is -1.97. The Morgan fingerprint density at radius 2 is 1.81 bits per heavy atom. The van der Waals surface area contributed by atoms with Crippen LogP contribution in [0.25, 0.3) is 11.1 Å². The van der Waals surface area contributed by atoms with Crippen LogP contribution in [-0.2, 0) is 0 Å². The van der Waals surface area contributed by atoms with E-state index in [1.807, 2.05) is 19.1 Å². The zero-order valence-electron chi connectivity index (χ0n) is 9.00. The minimum atomic E-state index is -0.267. The van der Waals surface area contributed by atoms with Gasteiger partial charge in [-0.1, -0.05) is 18.2 Å². The topological polar surface area (TPSA) is 52.0 Å². The molecular weight excluding hydrogens is 203 g/mol. The minimum absolute atomic E-state index is 0.267. The molecule has 16 heavy (non-hydrogen) atoms. The van der Waals surface area contributed by atoms with Gasteiger partial charge in [0.1, 0.15) is 5.82 Å². The standard InChI is InChI=1S/C13H13FN2/c1-8-5-9(7-10(14)6-8)11-3-2-4-12(15)13(11)16/h2-7H,15-16H2,1H3. The van der Waals surface area contributed by atoms with E-state index in [9.17, 15) is 4.39 Å². The summed E-state index contributed by atoms with van der Waals surface area (Å²) in [6.45, 7) is 1.84.